The molecule has 0 bridgehead atoms. The minimum Gasteiger partial charge on any atom is -0.492 e. The summed E-state index contributed by atoms with van der Waals surface area (Å²) in [5.74, 6) is 1.16. The lowest BCUT2D eigenvalue weighted by molar-refractivity contribution is -0.120. The molecular weight excluding hydrogens is 404 g/mol. The fraction of sp³-hybridized carbons (Fsp3) is 0.600. The van der Waals surface area contributed by atoms with Crippen LogP contribution in [-0.2, 0) is 16.0 Å². The Balaban J connectivity index is 1.65. The highest BCUT2D eigenvalue weighted by atomic mass is 16.5. The van der Waals surface area contributed by atoms with Crippen molar-refractivity contribution in [1.29, 1.82) is 0 Å². The Kier molecular flexibility index (Phi) is 11.7. The van der Waals surface area contributed by atoms with Gasteiger partial charge in [0.15, 0.2) is 0 Å². The van der Waals surface area contributed by atoms with E-state index in [1.807, 2.05) is 18.2 Å². The van der Waals surface area contributed by atoms with Gasteiger partial charge in [-0.25, -0.2) is 0 Å². The van der Waals surface area contributed by atoms with Crippen molar-refractivity contribution in [3.63, 3.8) is 0 Å². The molecule has 1 aromatic carbocycles. The normalized spacial score (nSPS) is 14.3. The molecular formula is C25H40N4O3. The van der Waals surface area contributed by atoms with Crippen molar-refractivity contribution in [1.82, 2.24) is 21.3 Å². The molecule has 0 spiro atoms. The second kappa shape index (κ2) is 14.5. The summed E-state index contributed by atoms with van der Waals surface area (Å²) in [4.78, 5) is 22.7. The highest BCUT2D eigenvalue weighted by Crippen LogP contribution is 2.30. The Labute approximate surface area is 192 Å². The fourth-order valence-corrected chi connectivity index (χ4v) is 3.64. The Bertz CT molecular complexity index is 744. The van der Waals surface area contributed by atoms with E-state index in [1.54, 1.807) is 0 Å². The van der Waals surface area contributed by atoms with Gasteiger partial charge in [-0.1, -0.05) is 38.5 Å². The molecule has 1 saturated carbocycles. The molecule has 0 aliphatic heterocycles. The molecule has 7 heteroatoms. The Morgan fingerprint density at radius 3 is 2.69 bits per heavy atom. The van der Waals surface area contributed by atoms with Gasteiger partial charge in [0.25, 0.3) is 0 Å². The highest BCUT2D eigenvalue weighted by Gasteiger charge is 2.19. The second-order valence-corrected chi connectivity index (χ2v) is 8.66. The highest BCUT2D eigenvalue weighted by molar-refractivity contribution is 5.78. The molecule has 1 aliphatic rings. The van der Waals surface area contributed by atoms with Gasteiger partial charge in [0.05, 0.1) is 13.1 Å². The average molecular weight is 445 g/mol. The number of ether oxygens (including phenoxy) is 1. The number of para-hydroxylation sites is 1. The number of allylic oxidation sites excluding steroid dienone is 1. The van der Waals surface area contributed by atoms with Crippen molar-refractivity contribution in [3.05, 3.63) is 41.1 Å². The molecule has 32 heavy (non-hydrogen) atoms. The summed E-state index contributed by atoms with van der Waals surface area (Å²) in [7, 11) is 0. The van der Waals surface area contributed by atoms with Crippen molar-refractivity contribution in [2.45, 2.75) is 58.9 Å². The third-order valence-corrected chi connectivity index (χ3v) is 5.44. The summed E-state index contributed by atoms with van der Waals surface area (Å²) in [5.41, 5.74) is 3.75. The van der Waals surface area contributed by atoms with Crippen LogP contribution in [-0.4, -0.2) is 51.1 Å². The van der Waals surface area contributed by atoms with Gasteiger partial charge in [-0.15, -0.1) is 0 Å². The van der Waals surface area contributed by atoms with Crippen molar-refractivity contribution >= 4 is 12.3 Å². The average Bonchev–Trinajstić information content (AvgIpc) is 3.61. The number of rotatable bonds is 17. The van der Waals surface area contributed by atoms with Gasteiger partial charge in [0, 0.05) is 24.8 Å². The van der Waals surface area contributed by atoms with E-state index in [0.717, 1.165) is 49.8 Å². The fourth-order valence-electron chi connectivity index (χ4n) is 3.64. The minimum atomic E-state index is -0.00871. The van der Waals surface area contributed by atoms with Crippen LogP contribution in [0.5, 0.6) is 5.75 Å². The molecule has 1 aliphatic carbocycles. The zero-order valence-corrected chi connectivity index (χ0v) is 19.8. The van der Waals surface area contributed by atoms with E-state index in [4.69, 9.17) is 4.74 Å². The summed E-state index contributed by atoms with van der Waals surface area (Å²) in [6.07, 6.45) is 6.12. The maximum absolute atomic E-state index is 12.2. The predicted molar refractivity (Wildman–Crippen MR) is 129 cm³/mol. The maximum atomic E-state index is 12.2. The lowest BCUT2D eigenvalue weighted by Crippen LogP contribution is -2.39. The van der Waals surface area contributed by atoms with Crippen LogP contribution in [0.4, 0.5) is 0 Å². The maximum Gasteiger partial charge on any atom is 0.234 e. The molecule has 4 N–H and O–H groups in total. The quantitative estimate of drug-likeness (QED) is 0.219. The number of hydrogen-bond donors (Lipinski definition) is 4. The van der Waals surface area contributed by atoms with Gasteiger partial charge in [-0.05, 0) is 55.7 Å². The van der Waals surface area contributed by atoms with E-state index in [1.165, 1.54) is 11.3 Å². The zero-order valence-electron chi connectivity index (χ0n) is 19.8. The van der Waals surface area contributed by atoms with Crippen LogP contribution in [0.2, 0.25) is 0 Å². The molecule has 0 radical (unpaired) electrons. The van der Waals surface area contributed by atoms with Crippen LogP contribution in [0.25, 0.3) is 0 Å². The monoisotopic (exact) mass is 444 g/mol. The Morgan fingerprint density at radius 2 is 1.97 bits per heavy atom. The number of amides is 2. The molecule has 2 rings (SSSR count). The molecule has 0 aromatic heterocycles. The molecule has 7 nitrogen and oxygen atoms in total. The molecule has 2 amide bonds. The van der Waals surface area contributed by atoms with Crippen molar-refractivity contribution < 1.29 is 14.3 Å². The third kappa shape index (κ3) is 10.2. The lowest BCUT2D eigenvalue weighted by Gasteiger charge is -2.18. The zero-order chi connectivity index (χ0) is 23.2. The Morgan fingerprint density at radius 1 is 1.19 bits per heavy atom. The number of carbonyl (C=O) groups is 2. The van der Waals surface area contributed by atoms with Gasteiger partial charge in [0.1, 0.15) is 12.4 Å². The van der Waals surface area contributed by atoms with E-state index in [9.17, 15) is 9.59 Å². The first-order chi connectivity index (χ1) is 15.5. The summed E-state index contributed by atoms with van der Waals surface area (Å²) in [5, 5.41) is 12.5. The second-order valence-electron chi connectivity index (χ2n) is 8.66. The van der Waals surface area contributed by atoms with Gasteiger partial charge in [-0.2, -0.15) is 0 Å². The molecule has 2 unspecified atom stereocenters. The summed E-state index contributed by atoms with van der Waals surface area (Å²) in [6, 6.07) is 8.39. The lowest BCUT2D eigenvalue weighted by atomic mass is 10.0. The van der Waals surface area contributed by atoms with Crippen molar-refractivity contribution in [3.8, 4) is 5.75 Å². The van der Waals surface area contributed by atoms with Crippen LogP contribution < -0.4 is 26.0 Å². The van der Waals surface area contributed by atoms with E-state index >= 15 is 0 Å². The Hall–Kier alpha value is -2.54. The van der Waals surface area contributed by atoms with Crippen molar-refractivity contribution in [2.24, 2.45) is 5.92 Å². The topological polar surface area (TPSA) is 91.5 Å². The number of benzene rings is 1. The van der Waals surface area contributed by atoms with E-state index < -0.39 is 0 Å². The predicted octanol–water partition coefficient (Wildman–Crippen LogP) is 2.52. The largest absolute Gasteiger partial charge is 0.492 e. The number of hydrogen-bond acceptors (Lipinski definition) is 5. The molecule has 2 atom stereocenters. The van der Waals surface area contributed by atoms with Crippen LogP contribution in [0.15, 0.2) is 35.5 Å². The number of carbonyl (C=O) groups excluding carboxylic acids is 2. The number of nitrogens with one attached hydrogen (secondary N) is 4. The van der Waals surface area contributed by atoms with Crippen LogP contribution >= 0.6 is 0 Å². The van der Waals surface area contributed by atoms with Crippen LogP contribution in [0.1, 0.15) is 52.0 Å². The molecule has 0 saturated heterocycles. The van der Waals surface area contributed by atoms with Gasteiger partial charge in [0.2, 0.25) is 12.3 Å². The first kappa shape index (κ1) is 25.7. The van der Waals surface area contributed by atoms with Gasteiger partial charge in [-0.3, -0.25) is 9.59 Å². The smallest absolute Gasteiger partial charge is 0.234 e. The van der Waals surface area contributed by atoms with Gasteiger partial charge < -0.3 is 26.0 Å². The van der Waals surface area contributed by atoms with Crippen LogP contribution in [0.3, 0.4) is 0 Å². The first-order valence-corrected chi connectivity index (χ1v) is 11.9. The minimum absolute atomic E-state index is 0.00871. The molecule has 1 aromatic rings. The van der Waals surface area contributed by atoms with E-state index in [2.05, 4.69) is 48.1 Å². The summed E-state index contributed by atoms with van der Waals surface area (Å²) in [6.45, 7) is 9.03. The van der Waals surface area contributed by atoms with Gasteiger partial charge >= 0.3 is 0 Å². The summed E-state index contributed by atoms with van der Waals surface area (Å²) >= 11 is 0. The standard InChI is InChI=1S/C25H40N4O3/c1-4-7-20(3)29-23(21-10-11-21)16-28-25(31)17-26-12-13-32-24-9-6-5-8-22(24)14-19(2)15-27-18-30/h5-6,8-9,18-20,26,29H,4,7,10-17H2,1-3H3,(H,27,30)(H,28,31). The SMILES string of the molecule is CCCC(C)NC(CNC(=O)CNCCOc1ccccc1CC(C)CNC=O)=C1CC1. The first-order valence-electron chi connectivity index (χ1n) is 11.9. The van der Waals surface area contributed by atoms with E-state index in [0.29, 0.717) is 38.2 Å². The third-order valence-electron chi connectivity index (χ3n) is 5.44. The molecule has 1 fully saturated rings. The van der Waals surface area contributed by atoms with Crippen LogP contribution in [0, 0.1) is 5.92 Å². The van der Waals surface area contributed by atoms with Crippen molar-refractivity contribution in [2.75, 3.05) is 32.8 Å². The molecule has 178 valence electrons. The molecule has 0 heterocycles. The van der Waals surface area contributed by atoms with E-state index in [-0.39, 0.29) is 12.5 Å². The summed E-state index contributed by atoms with van der Waals surface area (Å²) < 4.78 is 5.93.